The zero-order valence-electron chi connectivity index (χ0n) is 13.4. The van der Waals surface area contributed by atoms with E-state index >= 15 is 0 Å². The molecule has 1 unspecified atom stereocenters. The van der Waals surface area contributed by atoms with Crippen molar-refractivity contribution in [2.45, 2.75) is 39.7 Å². The van der Waals surface area contributed by atoms with Gasteiger partial charge in [-0.05, 0) is 51.7 Å². The molecule has 0 radical (unpaired) electrons. The van der Waals surface area contributed by atoms with Crippen LogP contribution < -0.4 is 15.4 Å². The number of hydrogen-bond acceptors (Lipinski definition) is 2. The van der Waals surface area contributed by atoms with Crippen LogP contribution in [0.1, 0.15) is 32.3 Å². The molecule has 0 bridgehead atoms. The number of aryl methyl sites for hydroxylation is 1. The maximum Gasteiger partial charge on any atom is 0.191 e. The summed E-state index contributed by atoms with van der Waals surface area (Å²) in [6.07, 6.45) is 2.75. The number of benzene rings is 1. The van der Waals surface area contributed by atoms with Crippen LogP contribution in [0.2, 0.25) is 0 Å². The van der Waals surface area contributed by atoms with E-state index in [4.69, 9.17) is 4.74 Å². The molecule has 0 aliphatic heterocycles. The monoisotopic (exact) mass is 289 g/mol. The third-order valence-corrected chi connectivity index (χ3v) is 3.46. The zero-order chi connectivity index (χ0) is 15.1. The zero-order valence-corrected chi connectivity index (χ0v) is 13.4. The second-order valence-electron chi connectivity index (χ2n) is 5.79. The molecule has 0 saturated heterocycles. The van der Waals surface area contributed by atoms with Gasteiger partial charge in [0.1, 0.15) is 11.9 Å². The van der Waals surface area contributed by atoms with Crippen LogP contribution in [0.25, 0.3) is 0 Å². The Kier molecular flexibility index (Phi) is 5.90. The Balaban J connectivity index is 1.79. The van der Waals surface area contributed by atoms with Gasteiger partial charge in [-0.15, -0.1) is 0 Å². The number of rotatable bonds is 7. The van der Waals surface area contributed by atoms with Gasteiger partial charge in [0.05, 0.1) is 6.54 Å². The minimum absolute atomic E-state index is 0.0593. The van der Waals surface area contributed by atoms with Gasteiger partial charge in [-0.3, -0.25) is 0 Å². The Morgan fingerprint density at radius 2 is 2.00 bits per heavy atom. The van der Waals surface area contributed by atoms with Gasteiger partial charge in [-0.1, -0.05) is 17.7 Å². The molecule has 0 aromatic heterocycles. The van der Waals surface area contributed by atoms with Crippen LogP contribution in [0.5, 0.6) is 5.75 Å². The summed E-state index contributed by atoms with van der Waals surface area (Å²) in [5, 5.41) is 6.67. The highest BCUT2D eigenvalue weighted by atomic mass is 16.5. The second kappa shape index (κ2) is 7.91. The number of ether oxygens (including phenoxy) is 1. The van der Waals surface area contributed by atoms with E-state index in [1.54, 1.807) is 0 Å². The van der Waals surface area contributed by atoms with Gasteiger partial charge >= 0.3 is 0 Å². The summed E-state index contributed by atoms with van der Waals surface area (Å²) in [6.45, 7) is 8.76. The first kappa shape index (κ1) is 15.7. The summed E-state index contributed by atoms with van der Waals surface area (Å²) in [7, 11) is 0. The molecule has 1 aromatic rings. The van der Waals surface area contributed by atoms with Gasteiger partial charge in [-0.2, -0.15) is 0 Å². The molecule has 4 heteroatoms. The van der Waals surface area contributed by atoms with E-state index in [0.717, 1.165) is 30.7 Å². The molecule has 0 amide bonds. The van der Waals surface area contributed by atoms with E-state index in [0.29, 0.717) is 6.54 Å². The van der Waals surface area contributed by atoms with Crippen molar-refractivity contribution in [3.8, 4) is 5.75 Å². The van der Waals surface area contributed by atoms with Gasteiger partial charge in [0.25, 0.3) is 0 Å². The van der Waals surface area contributed by atoms with E-state index in [1.165, 1.54) is 18.4 Å². The lowest BCUT2D eigenvalue weighted by molar-refractivity contribution is 0.230. The molecular formula is C17H27N3O. The summed E-state index contributed by atoms with van der Waals surface area (Å²) >= 11 is 0. The molecule has 0 heterocycles. The number of nitrogens with one attached hydrogen (secondary N) is 2. The molecule has 1 aliphatic rings. The van der Waals surface area contributed by atoms with Gasteiger partial charge in [-0.25, -0.2) is 4.99 Å². The minimum atomic E-state index is 0.0593. The first-order chi connectivity index (χ1) is 10.2. The van der Waals surface area contributed by atoms with Crippen molar-refractivity contribution in [3.63, 3.8) is 0 Å². The highest BCUT2D eigenvalue weighted by Crippen LogP contribution is 2.27. The predicted octanol–water partition coefficient (Wildman–Crippen LogP) is 2.73. The third-order valence-electron chi connectivity index (χ3n) is 3.46. The van der Waals surface area contributed by atoms with E-state index < -0.39 is 0 Å². The molecule has 1 atom stereocenters. The Morgan fingerprint density at radius 3 is 2.62 bits per heavy atom. The topological polar surface area (TPSA) is 45.7 Å². The lowest BCUT2D eigenvalue weighted by atomic mass is 10.2. The first-order valence-electron chi connectivity index (χ1n) is 7.93. The van der Waals surface area contributed by atoms with Gasteiger partial charge in [0.15, 0.2) is 5.96 Å². The Bertz CT molecular complexity index is 452. The molecule has 21 heavy (non-hydrogen) atoms. The van der Waals surface area contributed by atoms with Crippen molar-refractivity contribution < 1.29 is 4.74 Å². The maximum atomic E-state index is 5.87. The number of nitrogens with zero attached hydrogens (tertiary/aromatic N) is 1. The Morgan fingerprint density at radius 1 is 1.29 bits per heavy atom. The van der Waals surface area contributed by atoms with E-state index in [2.05, 4.69) is 41.6 Å². The van der Waals surface area contributed by atoms with Crippen LogP contribution >= 0.6 is 0 Å². The standard InChI is InChI=1S/C17H27N3O/c1-4-18-17(20-12-15-7-8-15)19-11-14(3)21-16-9-5-13(2)6-10-16/h5-6,9-10,14-15H,4,7-8,11-12H2,1-3H3,(H2,18,19,20). The van der Waals surface area contributed by atoms with Crippen LogP contribution in [0.15, 0.2) is 29.3 Å². The average Bonchev–Trinajstić information content (AvgIpc) is 3.29. The number of guanidine groups is 1. The highest BCUT2D eigenvalue weighted by Gasteiger charge is 2.21. The van der Waals surface area contributed by atoms with Crippen molar-refractivity contribution in [2.75, 3.05) is 19.6 Å². The van der Waals surface area contributed by atoms with Gasteiger partial charge in [0.2, 0.25) is 0 Å². The molecule has 1 aliphatic carbocycles. The maximum absolute atomic E-state index is 5.87. The molecule has 2 N–H and O–H groups in total. The summed E-state index contributed by atoms with van der Waals surface area (Å²) in [5.74, 6) is 2.64. The third kappa shape index (κ3) is 6.06. The van der Waals surface area contributed by atoms with Crippen molar-refractivity contribution in [2.24, 2.45) is 10.9 Å². The fourth-order valence-electron chi connectivity index (χ4n) is 2.01. The molecule has 116 valence electrons. The number of aliphatic imine (C=N–C) groups is 1. The second-order valence-corrected chi connectivity index (χ2v) is 5.79. The normalized spacial score (nSPS) is 16.4. The molecule has 4 nitrogen and oxygen atoms in total. The SMILES string of the molecule is CCNC(=NCC(C)Oc1ccc(C)cc1)NCC1CC1. The molecule has 0 spiro atoms. The summed E-state index contributed by atoms with van der Waals surface area (Å²) in [5.41, 5.74) is 1.24. The predicted molar refractivity (Wildman–Crippen MR) is 88.0 cm³/mol. The fraction of sp³-hybridized carbons (Fsp3) is 0.588. The van der Waals surface area contributed by atoms with Crippen LogP contribution in [0, 0.1) is 12.8 Å². The van der Waals surface area contributed by atoms with Crippen LogP contribution in [-0.4, -0.2) is 31.7 Å². The van der Waals surface area contributed by atoms with E-state index in [-0.39, 0.29) is 6.10 Å². The lowest BCUT2D eigenvalue weighted by Crippen LogP contribution is -2.39. The fourth-order valence-corrected chi connectivity index (χ4v) is 2.01. The summed E-state index contributed by atoms with van der Waals surface area (Å²) in [6, 6.07) is 8.14. The van der Waals surface area contributed by atoms with Crippen molar-refractivity contribution >= 4 is 5.96 Å². The smallest absolute Gasteiger partial charge is 0.191 e. The largest absolute Gasteiger partial charge is 0.489 e. The highest BCUT2D eigenvalue weighted by molar-refractivity contribution is 5.79. The van der Waals surface area contributed by atoms with Crippen LogP contribution in [-0.2, 0) is 0 Å². The minimum Gasteiger partial charge on any atom is -0.489 e. The van der Waals surface area contributed by atoms with Crippen LogP contribution in [0.3, 0.4) is 0 Å². The molecule has 1 aromatic carbocycles. The lowest BCUT2D eigenvalue weighted by Gasteiger charge is -2.15. The average molecular weight is 289 g/mol. The van der Waals surface area contributed by atoms with E-state index in [9.17, 15) is 0 Å². The van der Waals surface area contributed by atoms with E-state index in [1.807, 2.05) is 19.1 Å². The van der Waals surface area contributed by atoms with Gasteiger partial charge < -0.3 is 15.4 Å². The van der Waals surface area contributed by atoms with Crippen LogP contribution in [0.4, 0.5) is 0 Å². The molecule has 2 rings (SSSR count). The number of hydrogen-bond donors (Lipinski definition) is 2. The summed E-state index contributed by atoms with van der Waals surface area (Å²) < 4.78 is 5.87. The quantitative estimate of drug-likeness (QED) is 0.599. The summed E-state index contributed by atoms with van der Waals surface area (Å²) in [4.78, 5) is 4.60. The Labute approximate surface area is 128 Å². The van der Waals surface area contributed by atoms with Crippen molar-refractivity contribution in [3.05, 3.63) is 29.8 Å². The van der Waals surface area contributed by atoms with Gasteiger partial charge in [0, 0.05) is 13.1 Å². The molecule has 1 saturated carbocycles. The first-order valence-corrected chi connectivity index (χ1v) is 7.93. The Hall–Kier alpha value is -1.71. The molecular weight excluding hydrogens is 262 g/mol. The van der Waals surface area contributed by atoms with Crippen molar-refractivity contribution in [1.82, 2.24) is 10.6 Å². The van der Waals surface area contributed by atoms with Crippen molar-refractivity contribution in [1.29, 1.82) is 0 Å². The molecule has 1 fully saturated rings.